The topological polar surface area (TPSA) is 93.7 Å². The third kappa shape index (κ3) is 6.72. The fraction of sp³-hybridized carbons (Fsp3) is 0.357. The van der Waals surface area contributed by atoms with Crippen LogP contribution >= 0.6 is 0 Å². The fourth-order valence-corrected chi connectivity index (χ4v) is 1.53. The van der Waals surface area contributed by atoms with E-state index >= 15 is 0 Å². The number of carbonyl (C=O) groups excluding carboxylic acids is 3. The molecule has 1 aromatic carbocycles. The number of rotatable bonds is 8. The van der Waals surface area contributed by atoms with Gasteiger partial charge in [-0.05, 0) is 19.1 Å². The molecule has 2 N–H and O–H groups in total. The maximum Gasteiger partial charge on any atom is 0.387 e. The summed E-state index contributed by atoms with van der Waals surface area (Å²) in [5.74, 6) is -2.43. The molecule has 0 spiro atoms. The number of halogens is 2. The summed E-state index contributed by atoms with van der Waals surface area (Å²) < 4.78 is 33.4. The Morgan fingerprint density at radius 2 is 1.83 bits per heavy atom. The number of ether oxygens (including phenoxy) is 2. The molecule has 1 aromatic rings. The number of carbonyl (C=O) groups is 3. The standard InChI is InChI=1S/C14H16F2N2O5/c1-2-17-11(19)7-18-12(20)8-22-13(21)9-5-3-4-6-10(9)23-14(15)16/h3-6,14H,2,7-8H2,1H3,(H,17,19)(H,18,20). The molecule has 0 saturated carbocycles. The highest BCUT2D eigenvalue weighted by Crippen LogP contribution is 2.20. The van der Waals surface area contributed by atoms with Gasteiger partial charge in [0.25, 0.3) is 5.91 Å². The van der Waals surface area contributed by atoms with Gasteiger partial charge in [-0.3, -0.25) is 9.59 Å². The summed E-state index contributed by atoms with van der Waals surface area (Å²) in [6.45, 7) is -1.86. The van der Waals surface area contributed by atoms with Gasteiger partial charge in [-0.2, -0.15) is 8.78 Å². The molecule has 2 amide bonds. The smallest absolute Gasteiger partial charge is 0.387 e. The molecule has 0 heterocycles. The molecule has 0 aliphatic heterocycles. The minimum Gasteiger partial charge on any atom is -0.452 e. The van der Waals surface area contributed by atoms with Crippen LogP contribution in [0.4, 0.5) is 8.78 Å². The van der Waals surface area contributed by atoms with Crippen molar-refractivity contribution in [2.24, 2.45) is 0 Å². The Kier molecular flexibility index (Phi) is 7.44. The van der Waals surface area contributed by atoms with Gasteiger partial charge in [-0.25, -0.2) is 4.79 Å². The predicted octanol–water partition coefficient (Wildman–Crippen LogP) is 0.697. The van der Waals surface area contributed by atoms with Gasteiger partial charge in [0.15, 0.2) is 6.61 Å². The van der Waals surface area contributed by atoms with E-state index in [-0.39, 0.29) is 23.8 Å². The van der Waals surface area contributed by atoms with Gasteiger partial charge < -0.3 is 20.1 Å². The summed E-state index contributed by atoms with van der Waals surface area (Å²) in [6, 6.07) is 5.25. The quantitative estimate of drug-likeness (QED) is 0.684. The van der Waals surface area contributed by atoms with Crippen LogP contribution in [0.1, 0.15) is 17.3 Å². The third-order valence-electron chi connectivity index (χ3n) is 2.48. The number of likely N-dealkylation sites (N-methyl/N-ethyl adjacent to an activating group) is 1. The molecule has 0 bridgehead atoms. The Bertz CT molecular complexity index is 566. The van der Waals surface area contributed by atoms with Gasteiger partial charge in [0.05, 0.1) is 6.54 Å². The van der Waals surface area contributed by atoms with Crippen molar-refractivity contribution in [1.82, 2.24) is 10.6 Å². The van der Waals surface area contributed by atoms with Crippen molar-refractivity contribution >= 4 is 17.8 Å². The third-order valence-corrected chi connectivity index (χ3v) is 2.48. The molecule has 0 saturated heterocycles. The molecule has 9 heteroatoms. The number of esters is 1. The second kappa shape index (κ2) is 9.34. The van der Waals surface area contributed by atoms with Crippen LogP contribution in [0.25, 0.3) is 0 Å². The second-order valence-electron chi connectivity index (χ2n) is 4.18. The molecule has 0 aromatic heterocycles. The van der Waals surface area contributed by atoms with Crippen molar-refractivity contribution in [3.63, 3.8) is 0 Å². The molecule has 126 valence electrons. The zero-order valence-corrected chi connectivity index (χ0v) is 12.3. The zero-order valence-electron chi connectivity index (χ0n) is 12.3. The molecule has 0 aliphatic carbocycles. The van der Waals surface area contributed by atoms with E-state index in [2.05, 4.69) is 15.4 Å². The highest BCUT2D eigenvalue weighted by atomic mass is 19.3. The molecular formula is C14H16F2N2O5. The molecule has 23 heavy (non-hydrogen) atoms. The average Bonchev–Trinajstić information content (AvgIpc) is 2.51. The lowest BCUT2D eigenvalue weighted by Crippen LogP contribution is -2.38. The molecule has 1 rings (SSSR count). The van der Waals surface area contributed by atoms with E-state index in [9.17, 15) is 23.2 Å². The van der Waals surface area contributed by atoms with Gasteiger partial charge in [0.2, 0.25) is 5.91 Å². The number of hydrogen-bond donors (Lipinski definition) is 2. The summed E-state index contributed by atoms with van der Waals surface area (Å²) >= 11 is 0. The van der Waals surface area contributed by atoms with Crippen molar-refractivity contribution in [3.8, 4) is 5.75 Å². The second-order valence-corrected chi connectivity index (χ2v) is 4.18. The lowest BCUT2D eigenvalue weighted by atomic mass is 10.2. The van der Waals surface area contributed by atoms with Crippen LogP contribution in [-0.4, -0.2) is 44.1 Å². The fourth-order valence-electron chi connectivity index (χ4n) is 1.53. The zero-order chi connectivity index (χ0) is 17.2. The highest BCUT2D eigenvalue weighted by Gasteiger charge is 2.17. The first kappa shape index (κ1) is 18.3. The van der Waals surface area contributed by atoms with Crippen LogP contribution in [0.15, 0.2) is 24.3 Å². The van der Waals surface area contributed by atoms with Gasteiger partial charge >= 0.3 is 12.6 Å². The van der Waals surface area contributed by atoms with Crippen molar-refractivity contribution in [2.45, 2.75) is 13.5 Å². The highest BCUT2D eigenvalue weighted by molar-refractivity contribution is 5.94. The lowest BCUT2D eigenvalue weighted by molar-refractivity contribution is -0.127. The molecule has 0 aliphatic rings. The van der Waals surface area contributed by atoms with Crippen LogP contribution in [0.5, 0.6) is 5.75 Å². The number of para-hydroxylation sites is 1. The van der Waals surface area contributed by atoms with Crippen molar-refractivity contribution in [2.75, 3.05) is 19.7 Å². The Morgan fingerprint density at radius 1 is 1.13 bits per heavy atom. The monoisotopic (exact) mass is 330 g/mol. The number of alkyl halides is 2. The lowest BCUT2D eigenvalue weighted by Gasteiger charge is -2.10. The summed E-state index contributed by atoms with van der Waals surface area (Å²) in [4.78, 5) is 34.3. The van der Waals surface area contributed by atoms with Crippen molar-refractivity contribution in [1.29, 1.82) is 0 Å². The first-order valence-electron chi connectivity index (χ1n) is 6.68. The maximum atomic E-state index is 12.2. The summed E-state index contributed by atoms with van der Waals surface area (Å²) in [5.41, 5.74) is -0.232. The van der Waals surface area contributed by atoms with E-state index in [1.54, 1.807) is 6.92 Å². The van der Waals surface area contributed by atoms with Crippen LogP contribution in [0.2, 0.25) is 0 Å². The number of benzene rings is 1. The van der Waals surface area contributed by atoms with E-state index in [0.29, 0.717) is 6.54 Å². The largest absolute Gasteiger partial charge is 0.452 e. The summed E-state index contributed by atoms with van der Waals surface area (Å²) in [7, 11) is 0. The molecular weight excluding hydrogens is 314 g/mol. The maximum absolute atomic E-state index is 12.2. The van der Waals surface area contributed by atoms with Crippen LogP contribution < -0.4 is 15.4 Å². The number of nitrogens with one attached hydrogen (secondary N) is 2. The van der Waals surface area contributed by atoms with Crippen molar-refractivity contribution in [3.05, 3.63) is 29.8 Å². The van der Waals surface area contributed by atoms with Gasteiger partial charge in [-0.1, -0.05) is 12.1 Å². The predicted molar refractivity (Wildman–Crippen MR) is 75.0 cm³/mol. The van der Waals surface area contributed by atoms with Gasteiger partial charge in [0.1, 0.15) is 11.3 Å². The first-order valence-corrected chi connectivity index (χ1v) is 6.68. The van der Waals surface area contributed by atoms with E-state index in [0.717, 1.165) is 0 Å². The van der Waals surface area contributed by atoms with Crippen LogP contribution in [-0.2, 0) is 14.3 Å². The first-order chi connectivity index (χ1) is 10.9. The molecule has 7 nitrogen and oxygen atoms in total. The molecule has 0 unspecified atom stereocenters. The number of amides is 2. The van der Waals surface area contributed by atoms with E-state index in [1.165, 1.54) is 24.3 Å². The summed E-state index contributed by atoms with van der Waals surface area (Å²) in [6.07, 6.45) is 0. The minimum absolute atomic E-state index is 0.232. The minimum atomic E-state index is -3.09. The van der Waals surface area contributed by atoms with Crippen LogP contribution in [0, 0.1) is 0 Å². The van der Waals surface area contributed by atoms with E-state index < -0.39 is 25.1 Å². The van der Waals surface area contributed by atoms with Crippen LogP contribution in [0.3, 0.4) is 0 Å². The molecule has 0 fully saturated rings. The Hall–Kier alpha value is -2.71. The number of hydrogen-bond acceptors (Lipinski definition) is 5. The SMILES string of the molecule is CCNC(=O)CNC(=O)COC(=O)c1ccccc1OC(F)F. The molecule has 0 atom stereocenters. The van der Waals surface area contributed by atoms with E-state index in [4.69, 9.17) is 4.74 Å². The average molecular weight is 330 g/mol. The molecule has 0 radical (unpaired) electrons. The van der Waals surface area contributed by atoms with Gasteiger partial charge in [-0.15, -0.1) is 0 Å². The van der Waals surface area contributed by atoms with E-state index in [1.807, 2.05) is 0 Å². The Balaban J connectivity index is 2.51. The summed E-state index contributed by atoms with van der Waals surface area (Å²) in [5, 5.41) is 4.71. The Labute approximate surface area is 130 Å². The van der Waals surface area contributed by atoms with Crippen molar-refractivity contribution < 1.29 is 32.6 Å². The Morgan fingerprint density at radius 3 is 2.48 bits per heavy atom. The van der Waals surface area contributed by atoms with Gasteiger partial charge in [0, 0.05) is 6.54 Å². The normalized spacial score (nSPS) is 10.1.